The van der Waals surface area contributed by atoms with E-state index in [1.165, 1.54) is 0 Å². The predicted octanol–water partition coefficient (Wildman–Crippen LogP) is 8.33. The summed E-state index contributed by atoms with van der Waals surface area (Å²) in [6.45, 7) is 8.28. The van der Waals surface area contributed by atoms with Crippen molar-refractivity contribution in [3.05, 3.63) is 55.5 Å². The maximum atomic E-state index is 6.54. The van der Waals surface area contributed by atoms with Gasteiger partial charge in [0.25, 0.3) is 0 Å². The van der Waals surface area contributed by atoms with Crippen LogP contribution in [0.4, 0.5) is 0 Å². The zero-order valence-corrected chi connectivity index (χ0v) is 22.7. The molecule has 8 heteroatoms. The van der Waals surface area contributed by atoms with Crippen LogP contribution in [0.15, 0.2) is 24.3 Å². The number of hydrogen-bond donors (Lipinski definition) is 2. The van der Waals surface area contributed by atoms with Crippen LogP contribution in [0.1, 0.15) is 77.3 Å². The molecule has 0 radical (unpaired) electrons. The average molecular weight is 536 g/mol. The number of halogens is 4. The summed E-state index contributed by atoms with van der Waals surface area (Å²) in [5, 5.41) is 1.60. The van der Waals surface area contributed by atoms with Crippen LogP contribution in [0.25, 0.3) is 0 Å². The van der Waals surface area contributed by atoms with Crippen LogP contribution >= 0.6 is 46.4 Å². The Labute approximate surface area is 217 Å². The first-order valence-electron chi connectivity index (χ1n) is 11.3. The summed E-state index contributed by atoms with van der Waals surface area (Å²) in [6, 6.07) is 7.34. The maximum absolute atomic E-state index is 6.54. The first-order chi connectivity index (χ1) is 15.5. The smallest absolute Gasteiger partial charge is 0.158 e. The standard InChI is InChI=1S/C25H34Cl4N2O2/c1-5-7-9-21(30)32-23-17(26)11-15(12-18(23)27)25(3,4)16-13-19(28)24(20(29)14-16)33-22(31)10-8-6-2/h11-14,21-22H,5-10,30-31H2,1-4H3. The molecule has 2 aromatic rings. The fourth-order valence-electron chi connectivity index (χ4n) is 3.46. The van der Waals surface area contributed by atoms with Gasteiger partial charge in [-0.3, -0.25) is 11.5 Å². The second kappa shape index (κ2) is 12.7. The number of nitrogens with two attached hydrogens (primary N) is 2. The Bertz CT molecular complexity index is 817. The van der Waals surface area contributed by atoms with E-state index in [4.69, 9.17) is 67.3 Å². The first kappa shape index (κ1) is 28.4. The molecular weight excluding hydrogens is 502 g/mol. The van der Waals surface area contributed by atoms with E-state index in [2.05, 4.69) is 13.8 Å². The third kappa shape index (κ3) is 7.55. The summed E-state index contributed by atoms with van der Waals surface area (Å²) in [4.78, 5) is 0. The monoisotopic (exact) mass is 534 g/mol. The molecule has 4 N–H and O–H groups in total. The molecule has 0 heterocycles. The molecule has 4 nitrogen and oxygen atoms in total. The number of ether oxygens (including phenoxy) is 2. The van der Waals surface area contributed by atoms with Crippen LogP contribution < -0.4 is 20.9 Å². The Morgan fingerprint density at radius 2 is 1.00 bits per heavy atom. The molecule has 2 atom stereocenters. The number of rotatable bonds is 12. The maximum Gasteiger partial charge on any atom is 0.158 e. The second-order valence-electron chi connectivity index (χ2n) is 8.76. The van der Waals surface area contributed by atoms with Gasteiger partial charge in [0.15, 0.2) is 11.5 Å². The Hall–Kier alpha value is -0.880. The van der Waals surface area contributed by atoms with Gasteiger partial charge in [-0.1, -0.05) is 86.9 Å². The highest BCUT2D eigenvalue weighted by atomic mass is 35.5. The van der Waals surface area contributed by atoms with E-state index in [9.17, 15) is 0 Å². The van der Waals surface area contributed by atoms with Crippen molar-refractivity contribution in [3.63, 3.8) is 0 Å². The molecule has 0 aromatic heterocycles. The fraction of sp³-hybridized carbons (Fsp3) is 0.520. The molecule has 2 unspecified atom stereocenters. The normalized spacial score (nSPS) is 13.6. The van der Waals surface area contributed by atoms with Gasteiger partial charge in [-0.25, -0.2) is 0 Å². The quantitative estimate of drug-likeness (QED) is 0.268. The summed E-state index contributed by atoms with van der Waals surface area (Å²) in [7, 11) is 0. The Balaban J connectivity index is 2.32. The number of unbranched alkanes of at least 4 members (excludes halogenated alkanes) is 2. The third-order valence-electron chi connectivity index (χ3n) is 5.66. The van der Waals surface area contributed by atoms with Gasteiger partial charge < -0.3 is 9.47 Å². The van der Waals surface area contributed by atoms with Crippen LogP contribution in [-0.2, 0) is 5.41 Å². The summed E-state index contributed by atoms with van der Waals surface area (Å²) in [5.41, 5.74) is 13.4. The molecule has 0 bridgehead atoms. The lowest BCUT2D eigenvalue weighted by molar-refractivity contribution is 0.195. The van der Waals surface area contributed by atoms with E-state index in [1.807, 2.05) is 38.1 Å². The van der Waals surface area contributed by atoms with E-state index in [-0.39, 0.29) is 0 Å². The van der Waals surface area contributed by atoms with Gasteiger partial charge in [0.2, 0.25) is 0 Å². The molecule has 2 aromatic carbocycles. The zero-order chi connectivity index (χ0) is 24.8. The van der Waals surface area contributed by atoms with Crippen LogP contribution in [0.2, 0.25) is 20.1 Å². The van der Waals surface area contributed by atoms with E-state index >= 15 is 0 Å². The molecule has 0 spiro atoms. The summed E-state index contributed by atoms with van der Waals surface area (Å²) in [6.07, 6.45) is 4.52. The van der Waals surface area contributed by atoms with Crippen molar-refractivity contribution in [1.82, 2.24) is 0 Å². The predicted molar refractivity (Wildman–Crippen MR) is 141 cm³/mol. The summed E-state index contributed by atoms with van der Waals surface area (Å²) >= 11 is 26.2. The molecule has 0 aliphatic rings. The fourth-order valence-corrected chi connectivity index (χ4v) is 4.62. The molecule has 0 aliphatic carbocycles. The van der Waals surface area contributed by atoms with Gasteiger partial charge in [0.05, 0.1) is 20.1 Å². The topological polar surface area (TPSA) is 70.5 Å². The van der Waals surface area contributed by atoms with E-state index in [0.29, 0.717) is 31.6 Å². The lowest BCUT2D eigenvalue weighted by Crippen LogP contribution is -2.27. The molecule has 0 aliphatic heterocycles. The van der Waals surface area contributed by atoms with Crippen molar-refractivity contribution >= 4 is 46.4 Å². The van der Waals surface area contributed by atoms with E-state index in [0.717, 1.165) is 49.7 Å². The lowest BCUT2D eigenvalue weighted by atomic mass is 9.78. The van der Waals surface area contributed by atoms with Crippen molar-refractivity contribution in [1.29, 1.82) is 0 Å². The Morgan fingerprint density at radius 3 is 1.27 bits per heavy atom. The van der Waals surface area contributed by atoms with Crippen LogP contribution in [0, 0.1) is 0 Å². The SMILES string of the molecule is CCCCC(N)Oc1c(Cl)cc(C(C)(C)c2cc(Cl)c(OC(N)CCCC)c(Cl)c2)cc1Cl. The van der Waals surface area contributed by atoms with Crippen LogP contribution in [0.5, 0.6) is 11.5 Å². The van der Waals surface area contributed by atoms with Crippen molar-refractivity contribution in [2.45, 2.75) is 84.1 Å². The summed E-state index contributed by atoms with van der Waals surface area (Å²) < 4.78 is 11.6. The molecule has 33 heavy (non-hydrogen) atoms. The van der Waals surface area contributed by atoms with Gasteiger partial charge in [0.1, 0.15) is 12.5 Å². The van der Waals surface area contributed by atoms with Gasteiger partial charge >= 0.3 is 0 Å². The summed E-state index contributed by atoms with van der Waals surface area (Å²) in [5.74, 6) is 0.782. The highest BCUT2D eigenvalue weighted by Gasteiger charge is 2.28. The molecule has 2 rings (SSSR count). The van der Waals surface area contributed by atoms with Crippen molar-refractivity contribution in [3.8, 4) is 11.5 Å². The van der Waals surface area contributed by atoms with Crippen LogP contribution in [0.3, 0.4) is 0 Å². The highest BCUT2D eigenvalue weighted by Crippen LogP contribution is 2.44. The molecule has 0 saturated carbocycles. The molecule has 184 valence electrons. The Kier molecular flexibility index (Phi) is 10.9. The zero-order valence-electron chi connectivity index (χ0n) is 19.7. The van der Waals surface area contributed by atoms with Gasteiger partial charge in [-0.05, 0) is 61.1 Å². The first-order valence-corrected chi connectivity index (χ1v) is 12.9. The molecule has 0 saturated heterocycles. The Morgan fingerprint density at radius 1 is 0.697 bits per heavy atom. The number of benzene rings is 2. The molecule has 0 amide bonds. The van der Waals surface area contributed by atoms with Crippen molar-refractivity contribution in [2.75, 3.05) is 0 Å². The van der Waals surface area contributed by atoms with Crippen molar-refractivity contribution in [2.24, 2.45) is 11.5 Å². The van der Waals surface area contributed by atoms with Gasteiger partial charge in [-0.15, -0.1) is 0 Å². The van der Waals surface area contributed by atoms with Crippen LogP contribution in [-0.4, -0.2) is 12.5 Å². The van der Waals surface area contributed by atoms with E-state index < -0.39 is 17.9 Å². The minimum atomic E-state index is -0.508. The lowest BCUT2D eigenvalue weighted by Gasteiger charge is -2.29. The molecule has 0 fully saturated rings. The highest BCUT2D eigenvalue weighted by molar-refractivity contribution is 6.38. The minimum Gasteiger partial charge on any atom is -0.472 e. The van der Waals surface area contributed by atoms with Crippen molar-refractivity contribution < 1.29 is 9.47 Å². The minimum absolute atomic E-state index is 0.391. The van der Waals surface area contributed by atoms with Gasteiger partial charge in [-0.2, -0.15) is 0 Å². The van der Waals surface area contributed by atoms with E-state index in [1.54, 1.807) is 0 Å². The largest absolute Gasteiger partial charge is 0.472 e. The number of hydrogen-bond acceptors (Lipinski definition) is 4. The third-order valence-corrected chi connectivity index (χ3v) is 6.79. The van der Waals surface area contributed by atoms with Gasteiger partial charge in [0, 0.05) is 5.41 Å². The molecular formula is C25H34Cl4N2O2. The average Bonchev–Trinajstić information content (AvgIpc) is 2.75. The second-order valence-corrected chi connectivity index (χ2v) is 10.4.